The van der Waals surface area contributed by atoms with Gasteiger partial charge in [0.2, 0.25) is 0 Å². The molecule has 0 spiro atoms. The minimum absolute atomic E-state index is 0.0268. The van der Waals surface area contributed by atoms with E-state index in [1.165, 1.54) is 30.0 Å². The molecule has 2 aromatic carbocycles. The van der Waals surface area contributed by atoms with Crippen LogP contribution in [0.5, 0.6) is 0 Å². The Balaban J connectivity index is 1.54. The lowest BCUT2D eigenvalue weighted by atomic mass is 10.1. The lowest BCUT2D eigenvalue weighted by Gasteiger charge is -2.34. The molecule has 7 nitrogen and oxygen atoms in total. The van der Waals surface area contributed by atoms with Gasteiger partial charge in [-0.25, -0.2) is 0 Å². The summed E-state index contributed by atoms with van der Waals surface area (Å²) in [7, 11) is 2.13. The minimum Gasteiger partial charge on any atom is -0.369 e. The number of carbonyl (C=O) groups is 1. The van der Waals surface area contributed by atoms with Crippen LogP contribution in [0.25, 0.3) is 0 Å². The molecule has 0 bridgehead atoms. The van der Waals surface area contributed by atoms with E-state index in [4.69, 9.17) is 0 Å². The zero-order valence-electron chi connectivity index (χ0n) is 14.7. The van der Waals surface area contributed by atoms with Crippen molar-refractivity contribution in [1.82, 2.24) is 10.2 Å². The Hall–Kier alpha value is -2.93. The number of nitrogens with zero attached hydrogens (tertiary/aromatic N) is 3. The van der Waals surface area contributed by atoms with Gasteiger partial charge in [-0.1, -0.05) is 12.1 Å². The van der Waals surface area contributed by atoms with Gasteiger partial charge < -0.3 is 15.1 Å². The fourth-order valence-corrected chi connectivity index (χ4v) is 2.91. The van der Waals surface area contributed by atoms with Crippen LogP contribution in [0.3, 0.4) is 0 Å². The van der Waals surface area contributed by atoms with Crippen LogP contribution in [0.2, 0.25) is 0 Å². The molecule has 3 rings (SSSR count). The standard InChI is InChI=1S/C19H22N4O3/c1-21-10-12-22(13-11-21)17-6-2-15(3-7-17)14-20-19(24)16-4-8-18(9-5-16)23(25)26/h2-9H,10-14H2,1H3,(H,20,24). The first-order chi connectivity index (χ1) is 12.5. The van der Waals surface area contributed by atoms with E-state index in [0.717, 1.165) is 31.7 Å². The molecule has 7 heteroatoms. The Morgan fingerprint density at radius 1 is 1.04 bits per heavy atom. The zero-order valence-corrected chi connectivity index (χ0v) is 14.7. The van der Waals surface area contributed by atoms with Gasteiger partial charge >= 0.3 is 0 Å². The average molecular weight is 354 g/mol. The monoisotopic (exact) mass is 354 g/mol. The van der Waals surface area contributed by atoms with E-state index < -0.39 is 4.92 Å². The second kappa shape index (κ2) is 7.97. The average Bonchev–Trinajstić information content (AvgIpc) is 2.67. The summed E-state index contributed by atoms with van der Waals surface area (Å²) >= 11 is 0. The predicted molar refractivity (Wildman–Crippen MR) is 100 cm³/mol. The molecule has 136 valence electrons. The number of likely N-dealkylation sites (N-methyl/N-ethyl adjacent to an activating group) is 1. The summed E-state index contributed by atoms with van der Waals surface area (Å²) in [5, 5.41) is 13.5. The highest BCUT2D eigenvalue weighted by Gasteiger charge is 2.14. The van der Waals surface area contributed by atoms with Crippen molar-refractivity contribution >= 4 is 17.3 Å². The molecule has 1 saturated heterocycles. The molecule has 1 fully saturated rings. The molecule has 2 aromatic rings. The van der Waals surface area contributed by atoms with Crippen molar-refractivity contribution in [2.45, 2.75) is 6.54 Å². The van der Waals surface area contributed by atoms with Crippen molar-refractivity contribution in [3.63, 3.8) is 0 Å². The number of nitrogens with one attached hydrogen (secondary N) is 1. The summed E-state index contributed by atoms with van der Waals surface area (Å²) in [6.45, 7) is 4.58. The number of nitro groups is 1. The van der Waals surface area contributed by atoms with Gasteiger partial charge in [-0.15, -0.1) is 0 Å². The molecule has 1 heterocycles. The maximum absolute atomic E-state index is 12.2. The molecule has 1 aliphatic rings. The highest BCUT2D eigenvalue weighted by atomic mass is 16.6. The van der Waals surface area contributed by atoms with Crippen LogP contribution in [-0.4, -0.2) is 49.0 Å². The van der Waals surface area contributed by atoms with Crippen molar-refractivity contribution in [3.05, 3.63) is 69.8 Å². The smallest absolute Gasteiger partial charge is 0.269 e. The molecule has 0 atom stereocenters. The number of anilines is 1. The van der Waals surface area contributed by atoms with E-state index in [1.54, 1.807) is 0 Å². The number of rotatable bonds is 5. The molecule has 1 aliphatic heterocycles. The van der Waals surface area contributed by atoms with Crippen LogP contribution in [0, 0.1) is 10.1 Å². The normalized spacial score (nSPS) is 14.9. The van der Waals surface area contributed by atoms with Crippen LogP contribution in [0.15, 0.2) is 48.5 Å². The Bertz CT molecular complexity index is 766. The summed E-state index contributed by atoms with van der Waals surface area (Å²) < 4.78 is 0. The van der Waals surface area contributed by atoms with E-state index in [9.17, 15) is 14.9 Å². The summed E-state index contributed by atoms with van der Waals surface area (Å²) in [4.78, 5) is 27.0. The maximum Gasteiger partial charge on any atom is 0.269 e. The van der Waals surface area contributed by atoms with Crippen LogP contribution in [0.4, 0.5) is 11.4 Å². The molecular weight excluding hydrogens is 332 g/mol. The second-order valence-corrected chi connectivity index (χ2v) is 6.44. The lowest BCUT2D eigenvalue weighted by Crippen LogP contribution is -2.44. The van der Waals surface area contributed by atoms with Gasteiger partial charge in [-0.3, -0.25) is 14.9 Å². The lowest BCUT2D eigenvalue weighted by molar-refractivity contribution is -0.384. The third-order valence-corrected chi connectivity index (χ3v) is 4.60. The summed E-state index contributed by atoms with van der Waals surface area (Å²) in [6.07, 6.45) is 0. The largest absolute Gasteiger partial charge is 0.369 e. The number of carbonyl (C=O) groups excluding carboxylic acids is 1. The summed E-state index contributed by atoms with van der Waals surface area (Å²) in [5.74, 6) is -0.247. The third-order valence-electron chi connectivity index (χ3n) is 4.60. The van der Waals surface area contributed by atoms with Crippen molar-refractivity contribution in [2.75, 3.05) is 38.1 Å². The number of nitro benzene ring substituents is 1. The first kappa shape index (κ1) is 17.9. The van der Waals surface area contributed by atoms with Gasteiger partial charge in [0.05, 0.1) is 4.92 Å². The quantitative estimate of drug-likeness (QED) is 0.658. The van der Waals surface area contributed by atoms with Crippen molar-refractivity contribution in [1.29, 1.82) is 0 Å². The molecule has 0 saturated carbocycles. The number of benzene rings is 2. The highest BCUT2D eigenvalue weighted by Crippen LogP contribution is 2.17. The van der Waals surface area contributed by atoms with Crippen molar-refractivity contribution in [3.8, 4) is 0 Å². The van der Waals surface area contributed by atoms with Gasteiger partial charge in [0.1, 0.15) is 0 Å². The fraction of sp³-hybridized carbons (Fsp3) is 0.316. The summed E-state index contributed by atoms with van der Waals surface area (Å²) in [5.41, 5.74) is 2.59. The zero-order chi connectivity index (χ0) is 18.5. The first-order valence-corrected chi connectivity index (χ1v) is 8.58. The van der Waals surface area contributed by atoms with Gasteiger partial charge in [0.25, 0.3) is 11.6 Å². The molecule has 0 radical (unpaired) electrons. The number of amides is 1. The molecule has 0 unspecified atom stereocenters. The van der Waals surface area contributed by atoms with Crippen LogP contribution in [0.1, 0.15) is 15.9 Å². The Morgan fingerprint density at radius 3 is 2.23 bits per heavy atom. The third kappa shape index (κ3) is 4.37. The van der Waals surface area contributed by atoms with Gasteiger partial charge in [0, 0.05) is 56.1 Å². The molecule has 1 amide bonds. The van der Waals surface area contributed by atoms with Crippen LogP contribution < -0.4 is 10.2 Å². The van der Waals surface area contributed by atoms with Crippen LogP contribution >= 0.6 is 0 Å². The Morgan fingerprint density at radius 2 is 1.65 bits per heavy atom. The van der Waals surface area contributed by atoms with E-state index in [-0.39, 0.29) is 11.6 Å². The van der Waals surface area contributed by atoms with E-state index >= 15 is 0 Å². The second-order valence-electron chi connectivity index (χ2n) is 6.44. The highest BCUT2D eigenvalue weighted by molar-refractivity contribution is 5.94. The number of piperazine rings is 1. The first-order valence-electron chi connectivity index (χ1n) is 8.58. The van der Waals surface area contributed by atoms with Crippen molar-refractivity contribution in [2.24, 2.45) is 0 Å². The summed E-state index contributed by atoms with van der Waals surface area (Å²) in [6, 6.07) is 13.8. The molecule has 0 aromatic heterocycles. The van der Waals surface area contributed by atoms with Gasteiger partial charge in [-0.2, -0.15) is 0 Å². The van der Waals surface area contributed by atoms with Gasteiger partial charge in [0.15, 0.2) is 0 Å². The number of non-ortho nitro benzene ring substituents is 1. The fourth-order valence-electron chi connectivity index (χ4n) is 2.91. The topological polar surface area (TPSA) is 78.7 Å². The predicted octanol–water partition coefficient (Wildman–Crippen LogP) is 2.28. The molecule has 0 aliphatic carbocycles. The SMILES string of the molecule is CN1CCN(c2ccc(CNC(=O)c3ccc([N+](=O)[O-])cc3)cc2)CC1. The molecular formula is C19H22N4O3. The number of hydrogen-bond acceptors (Lipinski definition) is 5. The number of hydrogen-bond donors (Lipinski definition) is 1. The van der Waals surface area contributed by atoms with Gasteiger partial charge in [-0.05, 0) is 36.9 Å². The molecule has 26 heavy (non-hydrogen) atoms. The minimum atomic E-state index is -0.483. The molecule has 1 N–H and O–H groups in total. The van der Waals surface area contributed by atoms with E-state index in [2.05, 4.69) is 34.3 Å². The van der Waals surface area contributed by atoms with Crippen LogP contribution in [-0.2, 0) is 6.54 Å². The Kier molecular flexibility index (Phi) is 5.48. The maximum atomic E-state index is 12.2. The Labute approximate surface area is 152 Å². The van der Waals surface area contributed by atoms with E-state index in [0.29, 0.717) is 12.1 Å². The van der Waals surface area contributed by atoms with E-state index in [1.807, 2.05) is 12.1 Å². The van der Waals surface area contributed by atoms with Crippen molar-refractivity contribution < 1.29 is 9.72 Å².